The Balaban J connectivity index is 1.76. The van der Waals surface area contributed by atoms with Crippen LogP contribution in [0.5, 0.6) is 17.2 Å². The van der Waals surface area contributed by atoms with Gasteiger partial charge in [-0.2, -0.15) is 0 Å². The van der Waals surface area contributed by atoms with E-state index in [4.69, 9.17) is 18.9 Å². The zero-order valence-electron chi connectivity index (χ0n) is 15.8. The van der Waals surface area contributed by atoms with Crippen LogP contribution in [0.25, 0.3) is 0 Å². The van der Waals surface area contributed by atoms with Crippen molar-refractivity contribution in [3.63, 3.8) is 0 Å². The smallest absolute Gasteiger partial charge is 0.203 e. The Morgan fingerprint density at radius 3 is 2.22 bits per heavy atom. The first-order valence-electron chi connectivity index (χ1n) is 9.01. The van der Waals surface area contributed by atoms with E-state index in [1.807, 2.05) is 18.2 Å². The van der Waals surface area contributed by atoms with Crippen molar-refractivity contribution in [1.29, 1.82) is 0 Å². The van der Waals surface area contributed by atoms with E-state index in [9.17, 15) is 4.79 Å². The fourth-order valence-electron chi connectivity index (χ4n) is 3.01. The highest BCUT2D eigenvalue weighted by molar-refractivity contribution is 6.09. The van der Waals surface area contributed by atoms with E-state index in [1.54, 1.807) is 38.5 Å². The summed E-state index contributed by atoms with van der Waals surface area (Å²) < 4.78 is 22.2. The van der Waals surface area contributed by atoms with Gasteiger partial charge in [0.1, 0.15) is 6.61 Å². The van der Waals surface area contributed by atoms with Crippen molar-refractivity contribution in [2.24, 2.45) is 0 Å². The first-order chi connectivity index (χ1) is 13.2. The molecule has 0 aliphatic carbocycles. The van der Waals surface area contributed by atoms with Crippen LogP contribution in [0.15, 0.2) is 42.5 Å². The van der Waals surface area contributed by atoms with Crippen LogP contribution >= 0.6 is 0 Å². The number of rotatable bonds is 8. The highest BCUT2D eigenvalue weighted by atomic mass is 16.5. The summed E-state index contributed by atoms with van der Waals surface area (Å²) in [6.07, 6.45) is 0. The lowest BCUT2D eigenvalue weighted by molar-refractivity contribution is 0.0319. The third kappa shape index (κ3) is 4.78. The van der Waals surface area contributed by atoms with Gasteiger partial charge < -0.3 is 18.9 Å². The van der Waals surface area contributed by atoms with Gasteiger partial charge in [-0.05, 0) is 12.1 Å². The molecule has 0 spiro atoms. The molecule has 6 nitrogen and oxygen atoms in total. The van der Waals surface area contributed by atoms with Gasteiger partial charge in [0.05, 0.1) is 27.4 Å². The van der Waals surface area contributed by atoms with Gasteiger partial charge in [0, 0.05) is 30.8 Å². The van der Waals surface area contributed by atoms with Crippen LogP contribution in [0.1, 0.15) is 15.9 Å². The van der Waals surface area contributed by atoms with Gasteiger partial charge in [0.25, 0.3) is 0 Å². The zero-order valence-corrected chi connectivity index (χ0v) is 15.8. The maximum absolute atomic E-state index is 12.7. The van der Waals surface area contributed by atoms with E-state index >= 15 is 0 Å². The topological polar surface area (TPSA) is 57.2 Å². The Kier molecular flexibility index (Phi) is 6.68. The van der Waals surface area contributed by atoms with Crippen molar-refractivity contribution in [1.82, 2.24) is 4.90 Å². The van der Waals surface area contributed by atoms with Gasteiger partial charge in [-0.25, -0.2) is 0 Å². The summed E-state index contributed by atoms with van der Waals surface area (Å²) in [5.74, 6) is 1.39. The summed E-state index contributed by atoms with van der Waals surface area (Å²) >= 11 is 0. The van der Waals surface area contributed by atoms with E-state index in [2.05, 4.69) is 4.90 Å². The largest absolute Gasteiger partial charge is 0.493 e. The van der Waals surface area contributed by atoms with E-state index in [0.717, 1.165) is 32.8 Å². The van der Waals surface area contributed by atoms with Crippen LogP contribution in [0.3, 0.4) is 0 Å². The van der Waals surface area contributed by atoms with Crippen LogP contribution in [-0.2, 0) is 4.74 Å². The second-order valence-corrected chi connectivity index (χ2v) is 6.21. The monoisotopic (exact) mass is 371 g/mol. The quantitative estimate of drug-likeness (QED) is 0.665. The van der Waals surface area contributed by atoms with Crippen LogP contribution < -0.4 is 14.2 Å². The molecule has 1 saturated heterocycles. The van der Waals surface area contributed by atoms with Gasteiger partial charge in [-0.3, -0.25) is 9.69 Å². The molecule has 144 valence electrons. The second-order valence-electron chi connectivity index (χ2n) is 6.21. The second kappa shape index (κ2) is 9.39. The Morgan fingerprint density at radius 2 is 1.63 bits per heavy atom. The van der Waals surface area contributed by atoms with Crippen molar-refractivity contribution in [2.45, 2.75) is 0 Å². The Hall–Kier alpha value is -2.57. The molecule has 0 bridgehead atoms. The Bertz CT molecular complexity index is 731. The Labute approximate surface area is 159 Å². The molecule has 27 heavy (non-hydrogen) atoms. The number of ether oxygens (including phenoxy) is 4. The van der Waals surface area contributed by atoms with Crippen LogP contribution in [0, 0.1) is 0 Å². The van der Waals surface area contributed by atoms with Crippen LogP contribution in [0.4, 0.5) is 0 Å². The number of hydrogen-bond donors (Lipinski definition) is 0. The first kappa shape index (κ1) is 19.2. The molecule has 0 aromatic heterocycles. The van der Waals surface area contributed by atoms with E-state index in [-0.39, 0.29) is 5.78 Å². The van der Waals surface area contributed by atoms with Crippen LogP contribution in [0.2, 0.25) is 0 Å². The molecule has 1 aliphatic heterocycles. The normalized spacial score (nSPS) is 14.6. The number of carbonyl (C=O) groups excluding carboxylic acids is 1. The lowest BCUT2D eigenvalue weighted by Crippen LogP contribution is -2.38. The molecule has 0 unspecified atom stereocenters. The standard InChI is InChI=1S/C21H25NO5/c1-24-18-14-17(20(23)16-6-4-3-5-7-16)15-19(25-2)21(18)27-13-10-22-8-11-26-12-9-22/h3-7,14-15H,8-13H2,1-2H3. The lowest BCUT2D eigenvalue weighted by Gasteiger charge is -2.26. The predicted octanol–water partition coefficient (Wildman–Crippen LogP) is 2.65. The number of nitrogens with zero attached hydrogens (tertiary/aromatic N) is 1. The molecule has 0 atom stereocenters. The zero-order chi connectivity index (χ0) is 19.1. The van der Waals surface area contributed by atoms with E-state index in [0.29, 0.717) is 35.0 Å². The van der Waals surface area contributed by atoms with Crippen molar-refractivity contribution in [3.05, 3.63) is 53.6 Å². The molecule has 1 fully saturated rings. The van der Waals surface area contributed by atoms with Crippen LogP contribution in [-0.4, -0.2) is 64.4 Å². The maximum Gasteiger partial charge on any atom is 0.203 e. The van der Waals surface area contributed by atoms with Gasteiger partial charge in [0.15, 0.2) is 17.3 Å². The third-order valence-electron chi connectivity index (χ3n) is 4.52. The number of methoxy groups -OCH3 is 2. The SMILES string of the molecule is COc1cc(C(=O)c2ccccc2)cc(OC)c1OCCN1CCOCC1. The Morgan fingerprint density at radius 1 is 1.00 bits per heavy atom. The summed E-state index contributed by atoms with van der Waals surface area (Å²) in [6.45, 7) is 4.61. The minimum absolute atomic E-state index is 0.0907. The van der Waals surface area contributed by atoms with Gasteiger partial charge in [-0.1, -0.05) is 30.3 Å². The minimum Gasteiger partial charge on any atom is -0.493 e. The van der Waals surface area contributed by atoms with Crippen molar-refractivity contribution < 1.29 is 23.7 Å². The predicted molar refractivity (Wildman–Crippen MR) is 102 cm³/mol. The van der Waals surface area contributed by atoms with E-state index < -0.39 is 0 Å². The molecule has 0 amide bonds. The van der Waals surface area contributed by atoms with Gasteiger partial charge in [-0.15, -0.1) is 0 Å². The summed E-state index contributed by atoms with van der Waals surface area (Å²) in [4.78, 5) is 15.0. The third-order valence-corrected chi connectivity index (χ3v) is 4.52. The molecular formula is C21H25NO5. The fourth-order valence-corrected chi connectivity index (χ4v) is 3.01. The fraction of sp³-hybridized carbons (Fsp3) is 0.381. The molecule has 1 aliphatic rings. The van der Waals surface area contributed by atoms with Gasteiger partial charge >= 0.3 is 0 Å². The number of carbonyl (C=O) groups is 1. The lowest BCUT2D eigenvalue weighted by atomic mass is 10.0. The molecule has 0 radical (unpaired) electrons. The molecule has 2 aromatic rings. The van der Waals surface area contributed by atoms with Crippen molar-refractivity contribution in [3.8, 4) is 17.2 Å². The molecule has 0 N–H and O–H groups in total. The highest BCUT2D eigenvalue weighted by Crippen LogP contribution is 2.39. The number of benzene rings is 2. The molecule has 2 aromatic carbocycles. The number of ketones is 1. The molecule has 0 saturated carbocycles. The minimum atomic E-state index is -0.0907. The first-order valence-corrected chi connectivity index (χ1v) is 9.01. The average Bonchev–Trinajstić information content (AvgIpc) is 2.74. The van der Waals surface area contributed by atoms with Gasteiger partial charge in [0.2, 0.25) is 5.75 Å². The number of morpholine rings is 1. The van der Waals surface area contributed by atoms with E-state index in [1.165, 1.54) is 0 Å². The highest BCUT2D eigenvalue weighted by Gasteiger charge is 2.19. The maximum atomic E-state index is 12.7. The molecule has 1 heterocycles. The summed E-state index contributed by atoms with van der Waals surface area (Å²) in [5.41, 5.74) is 1.11. The number of hydrogen-bond acceptors (Lipinski definition) is 6. The molecule has 3 rings (SSSR count). The molecular weight excluding hydrogens is 346 g/mol. The average molecular weight is 371 g/mol. The summed E-state index contributed by atoms with van der Waals surface area (Å²) in [5, 5.41) is 0. The van der Waals surface area contributed by atoms with Crippen molar-refractivity contribution in [2.75, 3.05) is 53.7 Å². The summed E-state index contributed by atoms with van der Waals surface area (Å²) in [6, 6.07) is 12.5. The summed E-state index contributed by atoms with van der Waals surface area (Å²) in [7, 11) is 3.11. The van der Waals surface area contributed by atoms with Crippen molar-refractivity contribution >= 4 is 5.78 Å². The molecule has 6 heteroatoms.